The van der Waals surface area contributed by atoms with E-state index in [1.54, 1.807) is 12.1 Å². The number of ether oxygens (including phenoxy) is 2. The molecule has 0 fully saturated rings. The van der Waals surface area contributed by atoms with E-state index in [2.05, 4.69) is 5.16 Å². The zero-order chi connectivity index (χ0) is 12.4. The maximum Gasteiger partial charge on any atom is 0.230 e. The Morgan fingerprint density at radius 3 is 2.53 bits per heavy atom. The van der Waals surface area contributed by atoms with Crippen molar-refractivity contribution in [2.75, 3.05) is 20.0 Å². The van der Waals surface area contributed by atoms with Crippen LogP contribution in [-0.4, -0.2) is 19.4 Å². The smallest absolute Gasteiger partial charge is 0.230 e. The van der Waals surface area contributed by atoms with Gasteiger partial charge in [0.05, 0.1) is 26.0 Å². The van der Waals surface area contributed by atoms with Crippen LogP contribution < -0.4 is 15.2 Å². The van der Waals surface area contributed by atoms with Gasteiger partial charge in [0.2, 0.25) is 5.88 Å². The lowest BCUT2D eigenvalue weighted by Gasteiger charge is -2.11. The third-order valence-electron chi connectivity index (χ3n) is 2.37. The fourth-order valence-electron chi connectivity index (χ4n) is 1.56. The van der Waals surface area contributed by atoms with Crippen LogP contribution in [0.3, 0.4) is 0 Å². The molecule has 0 bridgehead atoms. The largest absolute Gasteiger partial charge is 0.495 e. The fourth-order valence-corrected chi connectivity index (χ4v) is 1.88. The Balaban J connectivity index is 2.63. The second-order valence-electron chi connectivity index (χ2n) is 3.27. The molecule has 0 aliphatic rings. The summed E-state index contributed by atoms with van der Waals surface area (Å²) < 4.78 is 15.2. The Labute approximate surface area is 103 Å². The minimum Gasteiger partial charge on any atom is -0.495 e. The third-order valence-corrected chi connectivity index (χ3v) is 2.73. The lowest BCUT2D eigenvalue weighted by molar-refractivity contribution is 0.396. The molecule has 17 heavy (non-hydrogen) atoms. The van der Waals surface area contributed by atoms with Crippen LogP contribution in [0.15, 0.2) is 22.9 Å². The summed E-state index contributed by atoms with van der Waals surface area (Å²) >= 11 is 6.14. The summed E-state index contributed by atoms with van der Waals surface area (Å²) in [6.07, 6.45) is 1.51. The zero-order valence-electron chi connectivity index (χ0n) is 9.36. The van der Waals surface area contributed by atoms with E-state index in [1.807, 2.05) is 0 Å². The van der Waals surface area contributed by atoms with Crippen LogP contribution in [0, 0.1) is 0 Å². The third kappa shape index (κ3) is 1.89. The number of methoxy groups -OCH3 is 2. The quantitative estimate of drug-likeness (QED) is 0.912. The summed E-state index contributed by atoms with van der Waals surface area (Å²) in [6, 6.07) is 3.51. The van der Waals surface area contributed by atoms with E-state index in [-0.39, 0.29) is 5.88 Å². The van der Waals surface area contributed by atoms with Crippen LogP contribution in [0.1, 0.15) is 0 Å². The van der Waals surface area contributed by atoms with Gasteiger partial charge in [-0.3, -0.25) is 0 Å². The molecule has 1 heterocycles. The van der Waals surface area contributed by atoms with E-state index in [0.29, 0.717) is 27.6 Å². The van der Waals surface area contributed by atoms with Gasteiger partial charge in [0, 0.05) is 5.56 Å². The Kier molecular flexibility index (Phi) is 3.10. The standard InChI is InChI=1S/C11H11ClN2O3/c1-15-8-4-3-6(10(16-2)9(8)12)7-5-14-17-11(7)13/h3-5H,13H2,1-2H3. The van der Waals surface area contributed by atoms with Crippen LogP contribution in [-0.2, 0) is 0 Å². The predicted molar refractivity (Wildman–Crippen MR) is 64.5 cm³/mol. The number of rotatable bonds is 3. The Morgan fingerprint density at radius 1 is 1.24 bits per heavy atom. The van der Waals surface area contributed by atoms with Crippen LogP contribution in [0.5, 0.6) is 11.5 Å². The molecule has 2 rings (SSSR count). The predicted octanol–water partition coefficient (Wildman–Crippen LogP) is 2.59. The number of halogens is 1. The number of aromatic nitrogens is 1. The van der Waals surface area contributed by atoms with Gasteiger partial charge in [-0.15, -0.1) is 0 Å². The molecule has 90 valence electrons. The first-order chi connectivity index (χ1) is 8.19. The molecule has 0 aliphatic heterocycles. The first-order valence-corrected chi connectivity index (χ1v) is 5.17. The Hall–Kier alpha value is -1.88. The monoisotopic (exact) mass is 254 g/mol. The van der Waals surface area contributed by atoms with Gasteiger partial charge >= 0.3 is 0 Å². The topological polar surface area (TPSA) is 70.5 Å². The molecule has 5 nitrogen and oxygen atoms in total. The highest BCUT2D eigenvalue weighted by Crippen LogP contribution is 2.43. The van der Waals surface area contributed by atoms with Crippen molar-refractivity contribution in [1.82, 2.24) is 5.16 Å². The number of hydrogen-bond acceptors (Lipinski definition) is 5. The van der Waals surface area contributed by atoms with Crippen LogP contribution in [0.4, 0.5) is 5.88 Å². The van der Waals surface area contributed by atoms with Gasteiger partial charge in [-0.1, -0.05) is 16.8 Å². The summed E-state index contributed by atoms with van der Waals surface area (Å²) in [4.78, 5) is 0. The maximum absolute atomic E-state index is 6.14. The Morgan fingerprint density at radius 2 is 2.00 bits per heavy atom. The molecule has 0 radical (unpaired) electrons. The molecular weight excluding hydrogens is 244 g/mol. The van der Waals surface area contributed by atoms with Gasteiger partial charge in [-0.2, -0.15) is 0 Å². The van der Waals surface area contributed by atoms with Gasteiger partial charge in [0.15, 0.2) is 0 Å². The molecule has 0 unspecified atom stereocenters. The van der Waals surface area contributed by atoms with E-state index < -0.39 is 0 Å². The van der Waals surface area contributed by atoms with Crippen molar-refractivity contribution in [3.8, 4) is 22.6 Å². The SMILES string of the molecule is COc1ccc(-c2cnoc2N)c(OC)c1Cl. The van der Waals surface area contributed by atoms with E-state index >= 15 is 0 Å². The minimum absolute atomic E-state index is 0.213. The number of benzene rings is 1. The summed E-state index contributed by atoms with van der Waals surface area (Å²) in [6.45, 7) is 0. The zero-order valence-corrected chi connectivity index (χ0v) is 10.1. The van der Waals surface area contributed by atoms with Crippen molar-refractivity contribution in [1.29, 1.82) is 0 Å². The molecule has 0 atom stereocenters. The molecule has 0 saturated carbocycles. The first-order valence-electron chi connectivity index (χ1n) is 4.80. The van der Waals surface area contributed by atoms with Crippen LogP contribution in [0.25, 0.3) is 11.1 Å². The maximum atomic E-state index is 6.14. The summed E-state index contributed by atoms with van der Waals surface area (Å²) in [5.74, 6) is 1.22. The van der Waals surface area contributed by atoms with Gasteiger partial charge in [0.1, 0.15) is 16.5 Å². The van der Waals surface area contributed by atoms with Crippen LogP contribution >= 0.6 is 11.6 Å². The Bertz CT molecular complexity index is 540. The average molecular weight is 255 g/mol. The van der Waals surface area contributed by atoms with Gasteiger partial charge in [-0.05, 0) is 12.1 Å². The second-order valence-corrected chi connectivity index (χ2v) is 3.64. The summed E-state index contributed by atoms with van der Waals surface area (Å²) in [7, 11) is 3.06. The molecule has 0 amide bonds. The lowest BCUT2D eigenvalue weighted by Crippen LogP contribution is -1.93. The molecule has 2 aromatic rings. The van der Waals surface area contributed by atoms with Crippen molar-refractivity contribution in [2.45, 2.75) is 0 Å². The van der Waals surface area contributed by atoms with Crippen molar-refractivity contribution in [3.63, 3.8) is 0 Å². The molecule has 6 heteroatoms. The highest BCUT2D eigenvalue weighted by atomic mass is 35.5. The van der Waals surface area contributed by atoms with Crippen molar-refractivity contribution < 1.29 is 14.0 Å². The van der Waals surface area contributed by atoms with E-state index in [4.69, 9.17) is 31.3 Å². The van der Waals surface area contributed by atoms with E-state index in [1.165, 1.54) is 20.4 Å². The molecule has 1 aromatic carbocycles. The lowest BCUT2D eigenvalue weighted by atomic mass is 10.1. The summed E-state index contributed by atoms with van der Waals surface area (Å²) in [5.41, 5.74) is 6.99. The van der Waals surface area contributed by atoms with Crippen LogP contribution in [0.2, 0.25) is 5.02 Å². The summed E-state index contributed by atoms with van der Waals surface area (Å²) in [5, 5.41) is 4.00. The van der Waals surface area contributed by atoms with E-state index in [0.717, 1.165) is 0 Å². The minimum atomic E-state index is 0.213. The number of nitrogen functional groups attached to an aromatic ring is 1. The first kappa shape index (κ1) is 11.6. The number of nitrogens with zero attached hydrogens (tertiary/aromatic N) is 1. The average Bonchev–Trinajstić information content (AvgIpc) is 2.75. The molecule has 0 saturated heterocycles. The second kappa shape index (κ2) is 4.55. The molecule has 0 spiro atoms. The van der Waals surface area contributed by atoms with Gasteiger partial charge < -0.3 is 19.7 Å². The number of anilines is 1. The molecular formula is C11H11ClN2O3. The molecule has 0 aliphatic carbocycles. The number of nitrogens with two attached hydrogens (primary N) is 1. The van der Waals surface area contributed by atoms with Gasteiger partial charge in [-0.25, -0.2) is 0 Å². The van der Waals surface area contributed by atoms with Gasteiger partial charge in [0.25, 0.3) is 0 Å². The normalized spacial score (nSPS) is 10.3. The highest BCUT2D eigenvalue weighted by molar-refractivity contribution is 6.34. The van der Waals surface area contributed by atoms with Crippen molar-refractivity contribution in [3.05, 3.63) is 23.4 Å². The van der Waals surface area contributed by atoms with Crippen molar-refractivity contribution in [2.24, 2.45) is 0 Å². The van der Waals surface area contributed by atoms with E-state index in [9.17, 15) is 0 Å². The fraction of sp³-hybridized carbons (Fsp3) is 0.182. The molecule has 2 N–H and O–H groups in total. The molecule has 1 aromatic heterocycles. The number of hydrogen-bond donors (Lipinski definition) is 1. The van der Waals surface area contributed by atoms with Crippen molar-refractivity contribution >= 4 is 17.5 Å². The highest BCUT2D eigenvalue weighted by Gasteiger charge is 2.17.